The van der Waals surface area contributed by atoms with Crippen molar-refractivity contribution in [3.05, 3.63) is 59.2 Å². The summed E-state index contributed by atoms with van der Waals surface area (Å²) >= 11 is 6.01. The largest absolute Gasteiger partial charge is 0.376 e. The van der Waals surface area contributed by atoms with Crippen LogP contribution in [0.25, 0.3) is 33.9 Å². The molecule has 1 unspecified atom stereocenters. The van der Waals surface area contributed by atoms with Gasteiger partial charge in [-0.05, 0) is 55.3 Å². The zero-order valence-electron chi connectivity index (χ0n) is 17.1. The van der Waals surface area contributed by atoms with E-state index in [-0.39, 0.29) is 12.0 Å². The van der Waals surface area contributed by atoms with Crippen LogP contribution in [0.2, 0.25) is 5.02 Å². The summed E-state index contributed by atoms with van der Waals surface area (Å²) in [5, 5.41) is 3.35. The number of halogens is 1. The van der Waals surface area contributed by atoms with Gasteiger partial charge in [0.15, 0.2) is 5.82 Å². The molecule has 0 spiro atoms. The van der Waals surface area contributed by atoms with Crippen LogP contribution in [-0.2, 0) is 11.3 Å². The maximum absolute atomic E-state index is 12.1. The highest BCUT2D eigenvalue weighted by molar-refractivity contribution is 6.30. The topological polar surface area (TPSA) is 84.8 Å². The first kappa shape index (κ1) is 19.8. The second-order valence-corrected chi connectivity index (χ2v) is 8.05. The number of imidazole rings is 2. The molecule has 2 N–H and O–H groups in total. The molecule has 4 aromatic rings. The minimum absolute atomic E-state index is 0.135. The number of amides is 1. The molecular weight excluding hydrogens is 414 g/mol. The van der Waals surface area contributed by atoms with Crippen molar-refractivity contribution in [3.8, 4) is 22.9 Å². The maximum Gasteiger partial charge on any atom is 0.251 e. The van der Waals surface area contributed by atoms with E-state index in [4.69, 9.17) is 21.3 Å². The van der Waals surface area contributed by atoms with Crippen LogP contribution in [0, 0.1) is 0 Å². The highest BCUT2D eigenvalue weighted by Gasteiger charge is 2.22. The molecule has 2 aromatic carbocycles. The second kappa shape index (κ2) is 8.17. The SMILES string of the molecule is CNC(=O)c1ccc2c(c1)nc(-c1cnc(-c3ccc(Cl)cc3)[nH]1)n2CC1CCCO1. The lowest BCUT2D eigenvalue weighted by molar-refractivity contribution is 0.0962. The van der Waals surface area contributed by atoms with Crippen LogP contribution < -0.4 is 5.32 Å². The summed E-state index contributed by atoms with van der Waals surface area (Å²) in [7, 11) is 1.62. The summed E-state index contributed by atoms with van der Waals surface area (Å²) in [5.74, 6) is 1.38. The molecule has 7 nitrogen and oxygen atoms in total. The van der Waals surface area contributed by atoms with Crippen molar-refractivity contribution in [1.29, 1.82) is 0 Å². The summed E-state index contributed by atoms with van der Waals surface area (Å²) in [4.78, 5) is 24.9. The number of benzene rings is 2. The third-order valence-electron chi connectivity index (χ3n) is 5.58. The van der Waals surface area contributed by atoms with Crippen LogP contribution >= 0.6 is 11.6 Å². The Kier molecular flexibility index (Phi) is 5.21. The number of nitrogens with zero attached hydrogens (tertiary/aromatic N) is 3. The Balaban J connectivity index is 1.59. The predicted molar refractivity (Wildman–Crippen MR) is 120 cm³/mol. The first-order valence-corrected chi connectivity index (χ1v) is 10.7. The van der Waals surface area contributed by atoms with Crippen molar-refractivity contribution in [3.63, 3.8) is 0 Å². The number of H-pyrrole nitrogens is 1. The van der Waals surface area contributed by atoms with Crippen molar-refractivity contribution in [1.82, 2.24) is 24.8 Å². The second-order valence-electron chi connectivity index (χ2n) is 7.62. The van der Waals surface area contributed by atoms with E-state index >= 15 is 0 Å². The van der Waals surface area contributed by atoms with Crippen LogP contribution in [0.15, 0.2) is 48.7 Å². The van der Waals surface area contributed by atoms with Gasteiger partial charge in [-0.15, -0.1) is 0 Å². The van der Waals surface area contributed by atoms with Gasteiger partial charge in [-0.1, -0.05) is 11.6 Å². The average molecular weight is 436 g/mol. The van der Waals surface area contributed by atoms with E-state index in [1.54, 1.807) is 13.2 Å². The van der Waals surface area contributed by atoms with Gasteiger partial charge in [0.1, 0.15) is 11.5 Å². The fourth-order valence-corrected chi connectivity index (χ4v) is 4.11. The lowest BCUT2D eigenvalue weighted by Crippen LogP contribution is -2.17. The Bertz CT molecular complexity index is 1240. The normalized spacial score (nSPS) is 16.1. The third-order valence-corrected chi connectivity index (χ3v) is 5.83. The molecule has 2 aromatic heterocycles. The van der Waals surface area contributed by atoms with E-state index in [0.29, 0.717) is 17.1 Å². The summed E-state index contributed by atoms with van der Waals surface area (Å²) in [5.41, 5.74) is 4.05. The van der Waals surface area contributed by atoms with Crippen molar-refractivity contribution in [2.75, 3.05) is 13.7 Å². The van der Waals surface area contributed by atoms with Crippen molar-refractivity contribution in [2.24, 2.45) is 0 Å². The van der Waals surface area contributed by atoms with E-state index in [1.807, 2.05) is 42.5 Å². The molecule has 1 fully saturated rings. The smallest absolute Gasteiger partial charge is 0.251 e. The number of nitrogens with one attached hydrogen (secondary N) is 2. The van der Waals surface area contributed by atoms with Crippen LogP contribution in [0.4, 0.5) is 0 Å². The lowest BCUT2D eigenvalue weighted by atomic mass is 10.2. The third kappa shape index (κ3) is 3.82. The van der Waals surface area contributed by atoms with E-state index < -0.39 is 0 Å². The van der Waals surface area contributed by atoms with Gasteiger partial charge < -0.3 is 19.6 Å². The van der Waals surface area contributed by atoms with Gasteiger partial charge in [-0.3, -0.25) is 4.79 Å². The van der Waals surface area contributed by atoms with Crippen LogP contribution in [0.1, 0.15) is 23.2 Å². The monoisotopic (exact) mass is 435 g/mol. The number of hydrogen-bond acceptors (Lipinski definition) is 4. The number of rotatable bonds is 5. The molecule has 1 atom stereocenters. The first-order chi connectivity index (χ1) is 15.1. The molecule has 1 aliphatic rings. The molecule has 0 aliphatic carbocycles. The Hall–Kier alpha value is -3.16. The molecule has 0 saturated carbocycles. The van der Waals surface area contributed by atoms with Crippen LogP contribution in [0.5, 0.6) is 0 Å². The van der Waals surface area contributed by atoms with Gasteiger partial charge in [0.2, 0.25) is 0 Å². The van der Waals surface area contributed by atoms with Crippen molar-refractivity contribution in [2.45, 2.75) is 25.5 Å². The molecule has 8 heteroatoms. The highest BCUT2D eigenvalue weighted by Crippen LogP contribution is 2.29. The van der Waals surface area contributed by atoms with Crippen molar-refractivity contribution < 1.29 is 9.53 Å². The quantitative estimate of drug-likeness (QED) is 0.490. The molecule has 1 aliphatic heterocycles. The van der Waals surface area contributed by atoms with E-state index in [1.165, 1.54) is 0 Å². The first-order valence-electron chi connectivity index (χ1n) is 10.3. The molecular formula is C23H22ClN5O2. The van der Waals surface area contributed by atoms with E-state index in [2.05, 4.69) is 19.9 Å². The van der Waals surface area contributed by atoms with Crippen LogP contribution in [-0.4, -0.2) is 45.2 Å². The van der Waals surface area contributed by atoms with Gasteiger partial charge in [-0.2, -0.15) is 0 Å². The number of aromatic amines is 1. The lowest BCUT2D eigenvalue weighted by Gasteiger charge is -2.13. The molecule has 1 amide bonds. The van der Waals surface area contributed by atoms with E-state index in [9.17, 15) is 4.79 Å². The number of fused-ring (bicyclic) bond motifs is 1. The minimum atomic E-state index is -0.135. The molecule has 158 valence electrons. The maximum atomic E-state index is 12.1. The van der Waals surface area contributed by atoms with Gasteiger partial charge in [-0.25, -0.2) is 9.97 Å². The zero-order valence-corrected chi connectivity index (χ0v) is 17.8. The predicted octanol–water partition coefficient (Wildman–Crippen LogP) is 4.29. The number of hydrogen-bond donors (Lipinski definition) is 2. The van der Waals surface area contributed by atoms with E-state index in [0.717, 1.165) is 53.4 Å². The summed E-state index contributed by atoms with van der Waals surface area (Å²) < 4.78 is 8.03. The summed E-state index contributed by atoms with van der Waals surface area (Å²) in [6.07, 6.45) is 4.03. The number of carbonyl (C=O) groups excluding carboxylic acids is 1. The van der Waals surface area contributed by atoms with Gasteiger partial charge in [0.05, 0.1) is 29.9 Å². The highest BCUT2D eigenvalue weighted by atomic mass is 35.5. The fourth-order valence-electron chi connectivity index (χ4n) is 3.99. The molecule has 1 saturated heterocycles. The van der Waals surface area contributed by atoms with Crippen molar-refractivity contribution >= 4 is 28.5 Å². The molecule has 5 rings (SSSR count). The zero-order chi connectivity index (χ0) is 21.4. The Morgan fingerprint density at radius 2 is 2.13 bits per heavy atom. The Morgan fingerprint density at radius 3 is 2.87 bits per heavy atom. The summed E-state index contributed by atoms with van der Waals surface area (Å²) in [6, 6.07) is 13.1. The Labute approximate surface area is 184 Å². The average Bonchev–Trinajstić information content (AvgIpc) is 3.54. The minimum Gasteiger partial charge on any atom is -0.376 e. The van der Waals surface area contributed by atoms with Crippen LogP contribution in [0.3, 0.4) is 0 Å². The molecule has 31 heavy (non-hydrogen) atoms. The molecule has 3 heterocycles. The standard InChI is InChI=1S/C23H22ClN5O2/c1-25-23(30)15-6-9-20-18(11-15)28-22(29(20)13-17-3-2-10-31-17)19-12-26-21(27-19)14-4-7-16(24)8-5-14/h4-9,11-12,17H,2-3,10,13H2,1H3,(H,25,30)(H,26,27). The fraction of sp³-hybridized carbons (Fsp3) is 0.261. The molecule has 0 radical (unpaired) electrons. The number of carbonyl (C=O) groups is 1. The van der Waals surface area contributed by atoms with Gasteiger partial charge in [0.25, 0.3) is 5.91 Å². The molecule has 0 bridgehead atoms. The van der Waals surface area contributed by atoms with Gasteiger partial charge >= 0.3 is 0 Å². The Morgan fingerprint density at radius 1 is 1.29 bits per heavy atom. The van der Waals surface area contributed by atoms with Gasteiger partial charge in [0, 0.05) is 29.8 Å². The number of ether oxygens (including phenoxy) is 1. The summed E-state index contributed by atoms with van der Waals surface area (Å²) in [6.45, 7) is 1.48. The number of aromatic nitrogens is 4.